The van der Waals surface area contributed by atoms with E-state index >= 15 is 0 Å². The molecule has 0 aromatic heterocycles. The minimum Gasteiger partial charge on any atom is -0.390 e. The standard InChI is InChI=1S/C12H14N2O2/c15-9-11-8-14(7-6-13-11)12(16)10-4-2-1-3-5-10/h1-5,8,13,15H,6-7,9H2. The molecule has 1 aromatic carbocycles. The molecule has 0 atom stereocenters. The highest BCUT2D eigenvalue weighted by Crippen LogP contribution is 2.08. The van der Waals surface area contributed by atoms with Crippen LogP contribution in [0.15, 0.2) is 42.2 Å². The van der Waals surface area contributed by atoms with Gasteiger partial charge in [0.1, 0.15) is 0 Å². The van der Waals surface area contributed by atoms with Gasteiger partial charge in [-0.25, -0.2) is 0 Å². The molecule has 0 unspecified atom stereocenters. The third-order valence-corrected chi connectivity index (χ3v) is 2.47. The van der Waals surface area contributed by atoms with E-state index in [-0.39, 0.29) is 12.5 Å². The van der Waals surface area contributed by atoms with Crippen molar-refractivity contribution in [1.82, 2.24) is 10.2 Å². The molecule has 0 aliphatic carbocycles. The van der Waals surface area contributed by atoms with Crippen LogP contribution < -0.4 is 5.32 Å². The minimum atomic E-state index is -0.0709. The van der Waals surface area contributed by atoms with E-state index < -0.39 is 0 Å². The van der Waals surface area contributed by atoms with Gasteiger partial charge in [-0.15, -0.1) is 0 Å². The molecule has 1 aromatic rings. The molecule has 0 fully saturated rings. The summed E-state index contributed by atoms with van der Waals surface area (Å²) in [4.78, 5) is 13.7. The van der Waals surface area contributed by atoms with Crippen molar-refractivity contribution < 1.29 is 9.90 Å². The van der Waals surface area contributed by atoms with Crippen LogP contribution in [-0.2, 0) is 0 Å². The number of nitrogens with one attached hydrogen (secondary N) is 1. The number of nitrogens with zero attached hydrogens (tertiary/aromatic N) is 1. The lowest BCUT2D eigenvalue weighted by Gasteiger charge is -2.25. The molecule has 4 nitrogen and oxygen atoms in total. The summed E-state index contributed by atoms with van der Waals surface area (Å²) in [7, 11) is 0. The summed E-state index contributed by atoms with van der Waals surface area (Å²) in [6.07, 6.45) is 1.67. The Kier molecular flexibility index (Phi) is 3.22. The van der Waals surface area contributed by atoms with Crippen LogP contribution in [0.2, 0.25) is 0 Å². The number of rotatable bonds is 2. The minimum absolute atomic E-state index is 0.0342. The summed E-state index contributed by atoms with van der Waals surface area (Å²) >= 11 is 0. The Hall–Kier alpha value is -1.81. The number of hydrogen-bond acceptors (Lipinski definition) is 3. The van der Waals surface area contributed by atoms with E-state index in [1.54, 1.807) is 23.2 Å². The Bertz CT molecular complexity index is 401. The van der Waals surface area contributed by atoms with Crippen molar-refractivity contribution in [2.45, 2.75) is 0 Å². The first-order valence-electron chi connectivity index (χ1n) is 5.22. The van der Waals surface area contributed by atoms with Crippen LogP contribution in [0.3, 0.4) is 0 Å². The Labute approximate surface area is 94.2 Å². The summed E-state index contributed by atoms with van der Waals surface area (Å²) < 4.78 is 0. The number of aliphatic hydroxyl groups excluding tert-OH is 1. The van der Waals surface area contributed by atoms with E-state index in [0.29, 0.717) is 24.4 Å². The fourth-order valence-electron chi connectivity index (χ4n) is 1.64. The second-order valence-corrected chi connectivity index (χ2v) is 3.60. The summed E-state index contributed by atoms with van der Waals surface area (Å²) in [5.74, 6) is -0.0342. The van der Waals surface area contributed by atoms with E-state index in [1.165, 1.54) is 0 Å². The molecule has 1 heterocycles. The monoisotopic (exact) mass is 218 g/mol. The highest BCUT2D eigenvalue weighted by molar-refractivity contribution is 5.94. The third-order valence-electron chi connectivity index (χ3n) is 2.47. The second-order valence-electron chi connectivity index (χ2n) is 3.60. The molecule has 0 spiro atoms. The lowest BCUT2D eigenvalue weighted by molar-refractivity contribution is 0.0813. The van der Waals surface area contributed by atoms with Crippen molar-refractivity contribution in [3.8, 4) is 0 Å². The fourth-order valence-corrected chi connectivity index (χ4v) is 1.64. The zero-order chi connectivity index (χ0) is 11.4. The molecule has 1 amide bonds. The highest BCUT2D eigenvalue weighted by Gasteiger charge is 2.16. The normalized spacial score (nSPS) is 15.3. The van der Waals surface area contributed by atoms with Crippen LogP contribution in [0.25, 0.3) is 0 Å². The predicted octanol–water partition coefficient (Wildman–Crippen LogP) is 0.566. The van der Waals surface area contributed by atoms with E-state index in [2.05, 4.69) is 5.32 Å². The number of hydrogen-bond donors (Lipinski definition) is 2. The molecular weight excluding hydrogens is 204 g/mol. The first kappa shape index (κ1) is 10.7. The summed E-state index contributed by atoms with van der Waals surface area (Å²) in [5.41, 5.74) is 1.34. The maximum Gasteiger partial charge on any atom is 0.257 e. The SMILES string of the molecule is O=C(c1ccccc1)N1C=C(CO)NCC1. The van der Waals surface area contributed by atoms with Crippen molar-refractivity contribution in [3.63, 3.8) is 0 Å². The molecule has 2 N–H and O–H groups in total. The Balaban J connectivity index is 2.17. The van der Waals surface area contributed by atoms with Crippen LogP contribution in [0.4, 0.5) is 0 Å². The lowest BCUT2D eigenvalue weighted by atomic mass is 10.2. The van der Waals surface area contributed by atoms with E-state index in [0.717, 1.165) is 0 Å². The summed E-state index contributed by atoms with van der Waals surface area (Å²) in [6.45, 7) is 1.22. The van der Waals surface area contributed by atoms with Crippen molar-refractivity contribution in [3.05, 3.63) is 47.8 Å². The Morgan fingerprint density at radius 1 is 1.38 bits per heavy atom. The molecule has 4 heteroatoms. The average Bonchev–Trinajstić information content (AvgIpc) is 2.39. The second kappa shape index (κ2) is 4.81. The van der Waals surface area contributed by atoms with Gasteiger partial charge >= 0.3 is 0 Å². The van der Waals surface area contributed by atoms with Crippen LogP contribution in [0.1, 0.15) is 10.4 Å². The van der Waals surface area contributed by atoms with Crippen molar-refractivity contribution in [2.24, 2.45) is 0 Å². The Morgan fingerprint density at radius 3 is 2.81 bits per heavy atom. The van der Waals surface area contributed by atoms with Crippen molar-refractivity contribution >= 4 is 5.91 Å². The van der Waals surface area contributed by atoms with Crippen molar-refractivity contribution in [1.29, 1.82) is 0 Å². The predicted molar refractivity (Wildman–Crippen MR) is 60.7 cm³/mol. The quantitative estimate of drug-likeness (QED) is 0.763. The average molecular weight is 218 g/mol. The molecule has 0 radical (unpaired) electrons. The zero-order valence-corrected chi connectivity index (χ0v) is 8.89. The van der Waals surface area contributed by atoms with Crippen LogP contribution in [0.5, 0.6) is 0 Å². The summed E-state index contributed by atoms with van der Waals surface area (Å²) in [5, 5.41) is 12.0. The van der Waals surface area contributed by atoms with Gasteiger partial charge in [0.25, 0.3) is 5.91 Å². The third kappa shape index (κ3) is 2.23. The van der Waals surface area contributed by atoms with Crippen LogP contribution in [-0.4, -0.2) is 35.6 Å². The molecule has 16 heavy (non-hydrogen) atoms. The number of aliphatic hydroxyl groups is 1. The maximum atomic E-state index is 12.0. The maximum absolute atomic E-state index is 12.0. The van der Waals surface area contributed by atoms with Gasteiger partial charge in [0.15, 0.2) is 0 Å². The van der Waals surface area contributed by atoms with Gasteiger partial charge in [0.05, 0.1) is 12.3 Å². The van der Waals surface area contributed by atoms with E-state index in [1.807, 2.05) is 18.2 Å². The molecule has 0 bridgehead atoms. The van der Waals surface area contributed by atoms with Gasteiger partial charge in [-0.1, -0.05) is 18.2 Å². The first-order chi connectivity index (χ1) is 7.81. The largest absolute Gasteiger partial charge is 0.390 e. The van der Waals surface area contributed by atoms with Gasteiger partial charge in [-0.05, 0) is 12.1 Å². The van der Waals surface area contributed by atoms with Crippen LogP contribution >= 0.6 is 0 Å². The molecule has 1 aliphatic rings. The van der Waals surface area contributed by atoms with Gasteiger partial charge in [0, 0.05) is 24.9 Å². The molecule has 0 saturated carbocycles. The van der Waals surface area contributed by atoms with Gasteiger partial charge < -0.3 is 15.3 Å². The number of carbonyl (C=O) groups is 1. The lowest BCUT2D eigenvalue weighted by Crippen LogP contribution is -2.39. The van der Waals surface area contributed by atoms with E-state index in [9.17, 15) is 4.79 Å². The molecule has 0 saturated heterocycles. The first-order valence-corrected chi connectivity index (χ1v) is 5.22. The highest BCUT2D eigenvalue weighted by atomic mass is 16.3. The van der Waals surface area contributed by atoms with Gasteiger partial charge in [-0.2, -0.15) is 0 Å². The topological polar surface area (TPSA) is 52.6 Å². The number of benzene rings is 1. The fraction of sp³-hybridized carbons (Fsp3) is 0.250. The van der Waals surface area contributed by atoms with Crippen LogP contribution in [0, 0.1) is 0 Å². The molecular formula is C12H14N2O2. The smallest absolute Gasteiger partial charge is 0.257 e. The van der Waals surface area contributed by atoms with Gasteiger partial charge in [-0.3, -0.25) is 4.79 Å². The molecule has 2 rings (SSSR count). The number of amides is 1. The molecule has 84 valence electrons. The Morgan fingerprint density at radius 2 is 2.12 bits per heavy atom. The van der Waals surface area contributed by atoms with E-state index in [4.69, 9.17) is 5.11 Å². The van der Waals surface area contributed by atoms with Gasteiger partial charge in [0.2, 0.25) is 0 Å². The van der Waals surface area contributed by atoms with Crippen molar-refractivity contribution in [2.75, 3.05) is 19.7 Å². The zero-order valence-electron chi connectivity index (χ0n) is 8.89. The molecule has 1 aliphatic heterocycles. The summed E-state index contributed by atoms with van der Waals surface area (Å²) in [6, 6.07) is 9.13. The number of carbonyl (C=O) groups excluding carboxylic acids is 1.